The molecule has 0 aliphatic carbocycles. The van der Waals surface area contributed by atoms with Crippen molar-refractivity contribution < 1.29 is 4.79 Å². The first-order valence-electron chi connectivity index (χ1n) is 5.07. The molecule has 0 atom stereocenters. The molecule has 4 nitrogen and oxygen atoms in total. The average molecular weight is 242 g/mol. The van der Waals surface area contributed by atoms with Gasteiger partial charge >= 0.3 is 0 Å². The van der Waals surface area contributed by atoms with Gasteiger partial charge < -0.3 is 5.32 Å². The van der Waals surface area contributed by atoms with E-state index in [0.717, 1.165) is 11.4 Å². The number of halogens is 1. The highest BCUT2D eigenvalue weighted by atomic mass is 35.5. The van der Waals surface area contributed by atoms with E-state index < -0.39 is 0 Å². The van der Waals surface area contributed by atoms with Crippen molar-refractivity contribution >= 4 is 17.4 Å². The standard InChI is InChI=1S/C11H16ClN3O/c1-4-5-13-7-9(16)6-10-11(12)8(2)14-15(10)3/h4,13H,1,5-7H2,2-3H3. The minimum atomic E-state index is 0.0896. The maximum Gasteiger partial charge on any atom is 0.152 e. The second kappa shape index (κ2) is 5.82. The van der Waals surface area contributed by atoms with Crippen molar-refractivity contribution in [3.63, 3.8) is 0 Å². The van der Waals surface area contributed by atoms with Gasteiger partial charge in [-0.1, -0.05) is 17.7 Å². The zero-order valence-electron chi connectivity index (χ0n) is 9.59. The lowest BCUT2D eigenvalue weighted by Gasteiger charge is -2.03. The Kier molecular flexibility index (Phi) is 4.71. The second-order valence-electron chi connectivity index (χ2n) is 3.60. The van der Waals surface area contributed by atoms with Crippen molar-refractivity contribution in [2.24, 2.45) is 7.05 Å². The van der Waals surface area contributed by atoms with Crippen molar-refractivity contribution in [3.8, 4) is 0 Å². The summed E-state index contributed by atoms with van der Waals surface area (Å²) in [6.45, 7) is 6.34. The maximum absolute atomic E-state index is 11.6. The summed E-state index contributed by atoms with van der Waals surface area (Å²) in [5, 5.41) is 7.70. The van der Waals surface area contributed by atoms with Gasteiger partial charge in [0.25, 0.3) is 0 Å². The first-order chi connectivity index (χ1) is 7.56. The van der Waals surface area contributed by atoms with E-state index in [1.54, 1.807) is 17.8 Å². The third-order valence-corrected chi connectivity index (χ3v) is 2.73. The summed E-state index contributed by atoms with van der Waals surface area (Å²) in [6, 6.07) is 0. The molecule has 1 aromatic rings. The highest BCUT2D eigenvalue weighted by Crippen LogP contribution is 2.19. The number of aryl methyl sites for hydroxylation is 2. The van der Waals surface area contributed by atoms with Gasteiger partial charge in [-0.05, 0) is 6.92 Å². The highest BCUT2D eigenvalue weighted by molar-refractivity contribution is 6.32. The molecular weight excluding hydrogens is 226 g/mol. The number of carbonyl (C=O) groups excluding carboxylic acids is 1. The molecule has 1 rings (SSSR count). The smallest absolute Gasteiger partial charge is 0.152 e. The first kappa shape index (κ1) is 12.9. The molecule has 0 amide bonds. The minimum absolute atomic E-state index is 0.0896. The minimum Gasteiger partial charge on any atom is -0.307 e. The molecule has 0 aliphatic rings. The van der Waals surface area contributed by atoms with E-state index >= 15 is 0 Å². The van der Waals surface area contributed by atoms with E-state index in [0.29, 0.717) is 24.5 Å². The molecule has 0 spiro atoms. The van der Waals surface area contributed by atoms with Gasteiger partial charge in [0.05, 0.1) is 29.4 Å². The average Bonchev–Trinajstić information content (AvgIpc) is 2.46. The van der Waals surface area contributed by atoms with Gasteiger partial charge in [0.15, 0.2) is 5.78 Å². The first-order valence-corrected chi connectivity index (χ1v) is 5.45. The van der Waals surface area contributed by atoms with E-state index in [1.165, 1.54) is 0 Å². The fourth-order valence-corrected chi connectivity index (χ4v) is 1.66. The van der Waals surface area contributed by atoms with E-state index in [2.05, 4.69) is 17.0 Å². The van der Waals surface area contributed by atoms with Crippen LogP contribution in [0.2, 0.25) is 5.02 Å². The van der Waals surface area contributed by atoms with Crippen LogP contribution in [0, 0.1) is 6.92 Å². The van der Waals surface area contributed by atoms with Crippen LogP contribution in [-0.2, 0) is 18.3 Å². The van der Waals surface area contributed by atoms with Crippen molar-refractivity contribution in [1.29, 1.82) is 0 Å². The van der Waals surface area contributed by atoms with Gasteiger partial charge in [0.2, 0.25) is 0 Å². The van der Waals surface area contributed by atoms with E-state index in [4.69, 9.17) is 11.6 Å². The van der Waals surface area contributed by atoms with Crippen molar-refractivity contribution in [3.05, 3.63) is 29.1 Å². The Hall–Kier alpha value is -1.13. The molecule has 0 aliphatic heterocycles. The van der Waals surface area contributed by atoms with Gasteiger partial charge in [-0.15, -0.1) is 6.58 Å². The number of nitrogens with one attached hydrogen (secondary N) is 1. The van der Waals surface area contributed by atoms with Crippen molar-refractivity contribution in [2.75, 3.05) is 13.1 Å². The van der Waals surface area contributed by atoms with Crippen LogP contribution in [0.25, 0.3) is 0 Å². The number of carbonyl (C=O) groups is 1. The van der Waals surface area contributed by atoms with Gasteiger partial charge in [0, 0.05) is 13.6 Å². The van der Waals surface area contributed by atoms with Crippen LogP contribution in [-0.4, -0.2) is 28.7 Å². The molecule has 0 saturated carbocycles. The zero-order valence-corrected chi connectivity index (χ0v) is 10.3. The normalized spacial score (nSPS) is 10.4. The predicted molar refractivity (Wildman–Crippen MR) is 64.7 cm³/mol. The summed E-state index contributed by atoms with van der Waals surface area (Å²) in [5.41, 5.74) is 1.52. The van der Waals surface area contributed by atoms with Crippen molar-refractivity contribution in [1.82, 2.24) is 15.1 Å². The number of hydrogen-bond acceptors (Lipinski definition) is 3. The largest absolute Gasteiger partial charge is 0.307 e. The van der Waals surface area contributed by atoms with Crippen LogP contribution in [0.15, 0.2) is 12.7 Å². The molecule has 1 heterocycles. The van der Waals surface area contributed by atoms with Crippen LogP contribution in [0.1, 0.15) is 11.4 Å². The fraction of sp³-hybridized carbons (Fsp3) is 0.455. The third-order valence-electron chi connectivity index (χ3n) is 2.24. The number of hydrogen-bond donors (Lipinski definition) is 1. The number of nitrogens with zero attached hydrogens (tertiary/aromatic N) is 2. The Balaban J connectivity index is 2.59. The van der Waals surface area contributed by atoms with E-state index in [1.807, 2.05) is 6.92 Å². The molecule has 0 bridgehead atoms. The molecule has 0 aromatic carbocycles. The quantitative estimate of drug-likeness (QED) is 0.603. The Morgan fingerprint density at radius 2 is 2.38 bits per heavy atom. The van der Waals surface area contributed by atoms with Crippen LogP contribution < -0.4 is 5.32 Å². The molecule has 1 aromatic heterocycles. The summed E-state index contributed by atoms with van der Waals surface area (Å²) in [4.78, 5) is 11.6. The maximum atomic E-state index is 11.6. The second-order valence-corrected chi connectivity index (χ2v) is 3.98. The Bertz CT molecular complexity index is 398. The van der Waals surface area contributed by atoms with Crippen LogP contribution in [0.5, 0.6) is 0 Å². The molecular formula is C11H16ClN3O. The lowest BCUT2D eigenvalue weighted by atomic mass is 10.2. The SMILES string of the molecule is C=CCNCC(=O)Cc1c(Cl)c(C)nn1C. The molecule has 0 fully saturated rings. The van der Waals surface area contributed by atoms with Gasteiger partial charge in [-0.25, -0.2) is 0 Å². The van der Waals surface area contributed by atoms with E-state index in [-0.39, 0.29) is 5.78 Å². The van der Waals surface area contributed by atoms with E-state index in [9.17, 15) is 4.79 Å². The van der Waals surface area contributed by atoms with Crippen LogP contribution >= 0.6 is 11.6 Å². The molecule has 0 saturated heterocycles. The van der Waals surface area contributed by atoms with Gasteiger partial charge in [0.1, 0.15) is 0 Å². The molecule has 5 heteroatoms. The highest BCUT2D eigenvalue weighted by Gasteiger charge is 2.14. The molecule has 0 unspecified atom stereocenters. The van der Waals surface area contributed by atoms with Gasteiger partial charge in [-0.3, -0.25) is 9.48 Å². The monoisotopic (exact) mass is 241 g/mol. The summed E-state index contributed by atoms with van der Waals surface area (Å²) in [7, 11) is 1.79. The Morgan fingerprint density at radius 3 is 2.88 bits per heavy atom. The Morgan fingerprint density at radius 1 is 1.69 bits per heavy atom. The van der Waals surface area contributed by atoms with Crippen LogP contribution in [0.3, 0.4) is 0 Å². The number of Topliss-reactive ketones (excluding diaryl/α,β-unsaturated/α-hetero) is 1. The van der Waals surface area contributed by atoms with Crippen molar-refractivity contribution in [2.45, 2.75) is 13.3 Å². The van der Waals surface area contributed by atoms with Crippen LogP contribution in [0.4, 0.5) is 0 Å². The zero-order chi connectivity index (χ0) is 12.1. The Labute approximate surface area is 100 Å². The molecule has 16 heavy (non-hydrogen) atoms. The lowest BCUT2D eigenvalue weighted by Crippen LogP contribution is -2.24. The topological polar surface area (TPSA) is 46.9 Å². The molecule has 0 radical (unpaired) electrons. The number of ketones is 1. The summed E-state index contributed by atoms with van der Waals surface area (Å²) in [6.07, 6.45) is 2.02. The third kappa shape index (κ3) is 3.18. The lowest BCUT2D eigenvalue weighted by molar-refractivity contribution is -0.117. The summed E-state index contributed by atoms with van der Waals surface area (Å²) < 4.78 is 1.66. The summed E-state index contributed by atoms with van der Waals surface area (Å²) in [5.74, 6) is 0.0896. The van der Waals surface area contributed by atoms with Gasteiger partial charge in [-0.2, -0.15) is 5.10 Å². The number of rotatable bonds is 6. The number of aromatic nitrogens is 2. The summed E-state index contributed by atoms with van der Waals surface area (Å²) >= 11 is 6.05. The predicted octanol–water partition coefficient (Wildman–Crippen LogP) is 1.27. The molecule has 1 N–H and O–H groups in total. The fourth-order valence-electron chi connectivity index (χ4n) is 1.44. The molecule has 88 valence electrons.